The smallest absolute Gasteiger partial charge is 0.274 e. The third-order valence-electron chi connectivity index (χ3n) is 6.21. The van der Waals surface area contributed by atoms with Crippen molar-refractivity contribution in [2.45, 2.75) is 26.3 Å². The zero-order valence-electron chi connectivity index (χ0n) is 18.1. The van der Waals surface area contributed by atoms with Crippen LogP contribution in [0.2, 0.25) is 0 Å². The molecule has 0 radical (unpaired) electrons. The molecule has 2 fully saturated rings. The van der Waals surface area contributed by atoms with Gasteiger partial charge in [-0.15, -0.1) is 11.3 Å². The Morgan fingerprint density at radius 2 is 2.16 bits per heavy atom. The van der Waals surface area contributed by atoms with E-state index in [4.69, 9.17) is 4.42 Å². The highest BCUT2D eigenvalue weighted by atomic mass is 32.1. The highest BCUT2D eigenvalue weighted by Gasteiger charge is 2.54. The maximum Gasteiger partial charge on any atom is 0.274 e. The van der Waals surface area contributed by atoms with Crippen molar-refractivity contribution < 1.29 is 14.0 Å². The number of carbonyl (C=O) groups excluding carboxylic acids is 2. The van der Waals surface area contributed by atoms with E-state index in [9.17, 15) is 9.59 Å². The first kappa shape index (κ1) is 20.7. The number of piperidine rings is 1. The molecular weight excluding hydrogens is 422 g/mol. The van der Waals surface area contributed by atoms with Gasteiger partial charge in [0.2, 0.25) is 5.91 Å². The van der Waals surface area contributed by atoms with Crippen LogP contribution in [0.1, 0.15) is 33.2 Å². The number of nitrogens with zero attached hydrogens (tertiary/aromatic N) is 2. The van der Waals surface area contributed by atoms with Crippen molar-refractivity contribution in [2.24, 2.45) is 11.8 Å². The number of amides is 2. The van der Waals surface area contributed by atoms with Gasteiger partial charge in [0.25, 0.3) is 5.91 Å². The summed E-state index contributed by atoms with van der Waals surface area (Å²) in [6, 6.07) is 11.7. The molecule has 1 saturated carbocycles. The number of likely N-dealkylation sites (tertiary alicyclic amines) is 1. The Hall–Kier alpha value is -3.19. The number of benzene rings is 1. The minimum atomic E-state index is -0.192. The molecule has 3 atom stereocenters. The lowest BCUT2D eigenvalue weighted by Gasteiger charge is -2.27. The molecule has 0 spiro atoms. The molecule has 0 bridgehead atoms. The van der Waals surface area contributed by atoms with Crippen molar-refractivity contribution >= 4 is 29.2 Å². The molecule has 2 aliphatic rings. The molecule has 2 aromatic heterocycles. The Morgan fingerprint density at radius 3 is 2.94 bits per heavy atom. The fourth-order valence-corrected chi connectivity index (χ4v) is 5.47. The molecule has 1 N–H and O–H groups in total. The van der Waals surface area contributed by atoms with E-state index in [1.165, 1.54) is 6.08 Å². The molecule has 3 heterocycles. The zero-order chi connectivity index (χ0) is 22.2. The summed E-state index contributed by atoms with van der Waals surface area (Å²) in [5, 5.41) is 3.84. The summed E-state index contributed by atoms with van der Waals surface area (Å²) in [7, 11) is 0. The van der Waals surface area contributed by atoms with E-state index in [1.54, 1.807) is 35.8 Å². The summed E-state index contributed by atoms with van der Waals surface area (Å²) >= 11 is 1.55. The monoisotopic (exact) mass is 447 g/mol. The second-order valence-electron chi connectivity index (χ2n) is 8.56. The Morgan fingerprint density at radius 1 is 1.28 bits per heavy atom. The van der Waals surface area contributed by atoms with Crippen LogP contribution < -0.4 is 5.32 Å². The van der Waals surface area contributed by atoms with E-state index in [0.29, 0.717) is 29.8 Å². The van der Waals surface area contributed by atoms with Crippen LogP contribution >= 0.6 is 11.3 Å². The zero-order valence-corrected chi connectivity index (χ0v) is 18.9. The van der Waals surface area contributed by atoms with Gasteiger partial charge in [0.1, 0.15) is 11.5 Å². The fourth-order valence-electron chi connectivity index (χ4n) is 4.56. The maximum atomic E-state index is 13.6. The van der Waals surface area contributed by atoms with Crippen LogP contribution in [0.4, 0.5) is 0 Å². The number of hydrogen-bond acceptors (Lipinski definition) is 5. The topological polar surface area (TPSA) is 75.4 Å². The first-order valence-corrected chi connectivity index (χ1v) is 11.7. The third kappa shape index (κ3) is 4.12. The van der Waals surface area contributed by atoms with E-state index in [2.05, 4.69) is 16.4 Å². The van der Waals surface area contributed by atoms with Gasteiger partial charge in [-0.05, 0) is 55.9 Å². The number of aryl methyl sites for hydroxylation is 2. The number of rotatable bonds is 6. The van der Waals surface area contributed by atoms with Gasteiger partial charge in [-0.2, -0.15) is 0 Å². The number of fused-ring (bicyclic) bond motifs is 1. The molecule has 7 heteroatoms. The van der Waals surface area contributed by atoms with Crippen LogP contribution in [0.3, 0.4) is 0 Å². The van der Waals surface area contributed by atoms with E-state index in [-0.39, 0.29) is 17.9 Å². The van der Waals surface area contributed by atoms with Crippen molar-refractivity contribution in [1.29, 1.82) is 0 Å². The maximum absolute atomic E-state index is 13.6. The van der Waals surface area contributed by atoms with Gasteiger partial charge >= 0.3 is 0 Å². The lowest BCUT2D eigenvalue weighted by atomic mass is 10.1. The summed E-state index contributed by atoms with van der Waals surface area (Å²) in [6.07, 6.45) is 5.79. The van der Waals surface area contributed by atoms with Crippen molar-refractivity contribution in [1.82, 2.24) is 15.2 Å². The van der Waals surface area contributed by atoms with E-state index >= 15 is 0 Å². The number of nitrogens with one attached hydrogen (secondary N) is 1. The van der Waals surface area contributed by atoms with Crippen LogP contribution in [0, 0.1) is 25.7 Å². The highest BCUT2D eigenvalue weighted by molar-refractivity contribution is 7.15. The number of carbonyl (C=O) groups is 2. The summed E-state index contributed by atoms with van der Waals surface area (Å²) in [6.45, 7) is 5.16. The van der Waals surface area contributed by atoms with Crippen LogP contribution in [-0.4, -0.2) is 40.8 Å². The second-order valence-corrected chi connectivity index (χ2v) is 9.76. The molecule has 1 unspecified atom stereocenters. The number of hydrogen-bond donors (Lipinski definition) is 1. The average Bonchev–Trinajstić information content (AvgIpc) is 3.14. The van der Waals surface area contributed by atoms with Crippen LogP contribution in [0.15, 0.2) is 53.2 Å². The summed E-state index contributed by atoms with van der Waals surface area (Å²) in [5.41, 5.74) is 2.70. The van der Waals surface area contributed by atoms with Gasteiger partial charge in [0.15, 0.2) is 0 Å². The lowest BCUT2D eigenvalue weighted by molar-refractivity contribution is -0.116. The first-order chi connectivity index (χ1) is 15.5. The second kappa shape index (κ2) is 8.39. The van der Waals surface area contributed by atoms with Gasteiger partial charge in [0.05, 0.1) is 22.2 Å². The predicted octanol–water partition coefficient (Wildman–Crippen LogP) is 4.31. The van der Waals surface area contributed by atoms with E-state index in [1.807, 2.05) is 36.9 Å². The van der Waals surface area contributed by atoms with Gasteiger partial charge in [-0.3, -0.25) is 9.59 Å². The third-order valence-corrected chi connectivity index (χ3v) is 7.23. The van der Waals surface area contributed by atoms with Gasteiger partial charge in [0, 0.05) is 19.2 Å². The van der Waals surface area contributed by atoms with Crippen molar-refractivity contribution in [3.05, 3.63) is 70.8 Å². The normalized spacial score (nSPS) is 21.7. The molecule has 1 aliphatic heterocycles. The van der Waals surface area contributed by atoms with Gasteiger partial charge < -0.3 is 14.6 Å². The minimum absolute atomic E-state index is 0.000767. The standard InChI is InChI=1S/C25H25N3O3S/c1-15-5-3-6-17(11-15)24-23(27-16(2)32-24)25(30)28-14-18-12-20(18)21(28)13-26-22(29)9-8-19-7-4-10-31-19/h3-11,18,20-21H,12-14H2,1-2H3,(H,26,29)/t18-,20?,21-/m1/s1. The molecule has 1 aromatic carbocycles. The number of aromatic nitrogens is 1. The Labute approximate surface area is 191 Å². The molecule has 1 saturated heterocycles. The van der Waals surface area contributed by atoms with Gasteiger partial charge in [-0.1, -0.05) is 29.8 Å². The van der Waals surface area contributed by atoms with Crippen LogP contribution in [-0.2, 0) is 4.79 Å². The molecule has 2 amide bonds. The van der Waals surface area contributed by atoms with Crippen molar-refractivity contribution in [3.8, 4) is 10.4 Å². The summed E-state index contributed by atoms with van der Waals surface area (Å²) in [4.78, 5) is 33.3. The van der Waals surface area contributed by atoms with Crippen molar-refractivity contribution in [3.63, 3.8) is 0 Å². The molecule has 3 aromatic rings. The predicted molar refractivity (Wildman–Crippen MR) is 124 cm³/mol. The Balaban J connectivity index is 1.31. The van der Waals surface area contributed by atoms with Crippen LogP contribution in [0.5, 0.6) is 0 Å². The fraction of sp³-hybridized carbons (Fsp3) is 0.320. The van der Waals surface area contributed by atoms with Crippen LogP contribution in [0.25, 0.3) is 16.5 Å². The molecule has 32 heavy (non-hydrogen) atoms. The van der Waals surface area contributed by atoms with Gasteiger partial charge in [-0.25, -0.2) is 4.98 Å². The SMILES string of the molecule is Cc1cccc(-c2sc(C)nc2C(=O)N2C[C@H]3CC3[C@H]2CNC(=O)C=Cc2ccco2)c1. The Bertz CT molecular complexity index is 1180. The average molecular weight is 448 g/mol. The number of thiazole rings is 1. The van der Waals surface area contributed by atoms with E-state index < -0.39 is 0 Å². The minimum Gasteiger partial charge on any atom is -0.465 e. The molecule has 1 aliphatic carbocycles. The van der Waals surface area contributed by atoms with Crippen molar-refractivity contribution in [2.75, 3.05) is 13.1 Å². The molecule has 5 rings (SSSR count). The lowest BCUT2D eigenvalue weighted by Crippen LogP contribution is -2.45. The summed E-state index contributed by atoms with van der Waals surface area (Å²) in [5.74, 6) is 1.38. The quantitative estimate of drug-likeness (QED) is 0.572. The largest absolute Gasteiger partial charge is 0.465 e. The van der Waals surface area contributed by atoms with E-state index in [0.717, 1.165) is 34.0 Å². The first-order valence-electron chi connectivity index (χ1n) is 10.8. The summed E-state index contributed by atoms with van der Waals surface area (Å²) < 4.78 is 5.21. The highest BCUT2D eigenvalue weighted by Crippen LogP contribution is 2.50. The molecular formula is C25H25N3O3S. The Kier molecular flexibility index (Phi) is 5.43. The molecule has 164 valence electrons. The number of furan rings is 1. The molecule has 6 nitrogen and oxygen atoms in total.